The van der Waals surface area contributed by atoms with Gasteiger partial charge in [-0.2, -0.15) is 13.2 Å². The van der Waals surface area contributed by atoms with E-state index < -0.39 is 23.6 Å². The molecule has 2 aromatic rings. The van der Waals surface area contributed by atoms with Crippen molar-refractivity contribution in [3.8, 4) is 23.0 Å². The number of carbonyl (C=O) groups excluding carboxylic acids is 2. The number of para-hydroxylation sites is 2. The van der Waals surface area contributed by atoms with Crippen LogP contribution in [0.3, 0.4) is 0 Å². The van der Waals surface area contributed by atoms with Crippen molar-refractivity contribution in [3.05, 3.63) is 53.2 Å². The normalized spacial score (nSPS) is 15.0. The first-order valence-electron chi connectivity index (χ1n) is 9.41. The van der Waals surface area contributed by atoms with Gasteiger partial charge in [-0.25, -0.2) is 4.79 Å². The third-order valence-corrected chi connectivity index (χ3v) is 4.88. The minimum absolute atomic E-state index is 0.0712. The maximum atomic E-state index is 13.5. The Balaban J connectivity index is 1.81. The smallest absolute Gasteiger partial charge is 0.416 e. The number of carbonyl (C=O) groups is 2. The highest BCUT2D eigenvalue weighted by molar-refractivity contribution is 6.08. The number of nitrogens with one attached hydrogen (secondary N) is 1. The van der Waals surface area contributed by atoms with Crippen LogP contribution < -0.4 is 14.8 Å². The molecule has 32 heavy (non-hydrogen) atoms. The van der Waals surface area contributed by atoms with E-state index in [2.05, 4.69) is 5.32 Å². The number of amides is 1. The number of hydrogen-bond donors (Lipinski definition) is 2. The summed E-state index contributed by atoms with van der Waals surface area (Å²) in [5.74, 6) is -1.30. The van der Waals surface area contributed by atoms with Crippen molar-refractivity contribution in [3.63, 3.8) is 0 Å². The third-order valence-electron chi connectivity index (χ3n) is 4.88. The van der Waals surface area contributed by atoms with Gasteiger partial charge in [0.05, 0.1) is 37.1 Å². The summed E-state index contributed by atoms with van der Waals surface area (Å²) in [6.45, 7) is -0.603. The van der Waals surface area contributed by atoms with E-state index >= 15 is 0 Å². The largest absolute Gasteiger partial charge is 0.466 e. The van der Waals surface area contributed by atoms with Crippen LogP contribution in [0.5, 0.6) is 23.0 Å². The monoisotopic (exact) mass is 450 g/mol. The van der Waals surface area contributed by atoms with Crippen molar-refractivity contribution in [1.29, 1.82) is 0 Å². The molecule has 2 N–H and O–H groups in total. The average molecular weight is 450 g/mol. The minimum Gasteiger partial charge on any atom is -0.466 e. The summed E-state index contributed by atoms with van der Waals surface area (Å²) < 4.78 is 56.7. The topological polar surface area (TPSA) is 97.3 Å². The highest BCUT2D eigenvalue weighted by Gasteiger charge is 2.38. The van der Waals surface area contributed by atoms with E-state index in [9.17, 15) is 22.8 Å². The predicted molar refractivity (Wildman–Crippen MR) is 104 cm³/mol. The number of β-amino-alcohol motifs (C(OH)–C–C–N with tert-alkyl or cyclic N) is 1. The Kier molecular flexibility index (Phi) is 5.43. The summed E-state index contributed by atoms with van der Waals surface area (Å²) in [5.41, 5.74) is -1.62. The molecule has 11 heteroatoms. The Morgan fingerprint density at radius 2 is 1.88 bits per heavy atom. The number of benzene rings is 2. The molecule has 2 heterocycles. The van der Waals surface area contributed by atoms with Crippen LogP contribution >= 0.6 is 0 Å². The molecule has 0 bridgehead atoms. The lowest BCUT2D eigenvalue weighted by Gasteiger charge is -2.24. The minimum atomic E-state index is -4.71. The first-order chi connectivity index (χ1) is 15.2. The first kappa shape index (κ1) is 21.5. The highest BCUT2D eigenvalue weighted by atomic mass is 19.4. The Morgan fingerprint density at radius 1 is 1.19 bits per heavy atom. The highest BCUT2D eigenvalue weighted by Crippen LogP contribution is 2.51. The predicted octanol–water partition coefficient (Wildman–Crippen LogP) is 3.28. The maximum Gasteiger partial charge on any atom is 0.416 e. The van der Waals surface area contributed by atoms with Crippen LogP contribution in [0.25, 0.3) is 0 Å². The second-order valence-electron chi connectivity index (χ2n) is 6.92. The average Bonchev–Trinajstić information content (AvgIpc) is 3.06. The summed E-state index contributed by atoms with van der Waals surface area (Å²) in [6, 6.07) is 7.97. The first-order valence-corrected chi connectivity index (χ1v) is 9.41. The molecule has 4 rings (SSSR count). The number of anilines is 1. The molecule has 0 aromatic heterocycles. The zero-order valence-electron chi connectivity index (χ0n) is 16.7. The van der Waals surface area contributed by atoms with Gasteiger partial charge in [-0.1, -0.05) is 12.1 Å². The standard InChI is InChI=1S/C21H17F3N2O6/c1-30-20(29)12-10-26(6-7-27)19(28)17(12)25-13-8-11(21(22,23)24)9-16-18(13)32-15-5-3-2-4-14(15)31-16/h2-5,8-9,25,27H,6-7,10H2,1H3. The molecule has 0 radical (unpaired) electrons. The zero-order chi connectivity index (χ0) is 23.0. The molecule has 168 valence electrons. The van der Waals surface area contributed by atoms with Crippen molar-refractivity contribution in [1.82, 2.24) is 4.90 Å². The number of fused-ring (bicyclic) bond motifs is 2. The Bertz CT molecular complexity index is 1130. The van der Waals surface area contributed by atoms with Gasteiger partial charge >= 0.3 is 12.1 Å². The van der Waals surface area contributed by atoms with Gasteiger partial charge in [-0.3, -0.25) is 4.79 Å². The second-order valence-corrected chi connectivity index (χ2v) is 6.92. The van der Waals surface area contributed by atoms with Crippen LogP contribution in [-0.4, -0.2) is 48.7 Å². The van der Waals surface area contributed by atoms with Crippen LogP contribution in [-0.2, 0) is 20.5 Å². The van der Waals surface area contributed by atoms with Crippen molar-refractivity contribution in [2.45, 2.75) is 6.18 Å². The van der Waals surface area contributed by atoms with Gasteiger partial charge in [0.1, 0.15) is 5.70 Å². The van der Waals surface area contributed by atoms with Crippen molar-refractivity contribution in [2.24, 2.45) is 0 Å². The fraction of sp³-hybridized carbons (Fsp3) is 0.238. The molecule has 0 unspecified atom stereocenters. The number of aliphatic hydroxyl groups is 1. The molecule has 0 fully saturated rings. The van der Waals surface area contributed by atoms with E-state index in [1.165, 1.54) is 11.0 Å². The van der Waals surface area contributed by atoms with E-state index in [0.29, 0.717) is 0 Å². The fourth-order valence-corrected chi connectivity index (χ4v) is 3.37. The molecular weight excluding hydrogens is 433 g/mol. The van der Waals surface area contributed by atoms with Gasteiger partial charge in [0.15, 0.2) is 23.0 Å². The quantitative estimate of drug-likeness (QED) is 0.576. The number of methoxy groups -OCH3 is 1. The molecule has 2 aromatic carbocycles. The number of halogens is 3. The number of nitrogens with zero attached hydrogens (tertiary/aromatic N) is 1. The Hall–Kier alpha value is -3.73. The van der Waals surface area contributed by atoms with Gasteiger partial charge < -0.3 is 29.5 Å². The lowest BCUT2D eigenvalue weighted by atomic mass is 10.1. The van der Waals surface area contributed by atoms with Crippen LogP contribution in [0.2, 0.25) is 0 Å². The fourth-order valence-electron chi connectivity index (χ4n) is 3.37. The van der Waals surface area contributed by atoms with E-state index in [4.69, 9.17) is 19.3 Å². The Labute approximate surface area is 179 Å². The number of esters is 1. The maximum absolute atomic E-state index is 13.5. The number of rotatable bonds is 5. The number of hydrogen-bond acceptors (Lipinski definition) is 7. The molecule has 2 aliphatic heterocycles. The molecule has 0 spiro atoms. The van der Waals surface area contributed by atoms with Crippen molar-refractivity contribution < 1.29 is 42.1 Å². The molecule has 0 aliphatic carbocycles. The van der Waals surface area contributed by atoms with Gasteiger partial charge in [0.2, 0.25) is 0 Å². The Morgan fingerprint density at radius 3 is 2.50 bits per heavy atom. The van der Waals surface area contributed by atoms with Crippen LogP contribution in [0.15, 0.2) is 47.7 Å². The van der Waals surface area contributed by atoms with Gasteiger partial charge in [-0.15, -0.1) is 0 Å². The SMILES string of the molecule is COC(=O)C1=C(Nc2cc(C(F)(F)F)cc3c2Oc2ccccc2O3)C(=O)N(CCO)C1. The summed E-state index contributed by atoms with van der Waals surface area (Å²) in [7, 11) is 1.12. The number of aliphatic hydroxyl groups excluding tert-OH is 1. The van der Waals surface area contributed by atoms with Crippen molar-refractivity contribution >= 4 is 17.6 Å². The molecule has 2 aliphatic rings. The molecule has 0 saturated heterocycles. The molecule has 0 saturated carbocycles. The molecular formula is C21H17F3N2O6. The molecule has 1 amide bonds. The van der Waals surface area contributed by atoms with Crippen LogP contribution in [0, 0.1) is 0 Å². The second kappa shape index (κ2) is 8.08. The van der Waals surface area contributed by atoms with E-state index in [1.807, 2.05) is 0 Å². The van der Waals surface area contributed by atoms with Gasteiger partial charge in [0.25, 0.3) is 5.91 Å². The number of ether oxygens (including phenoxy) is 3. The van der Waals surface area contributed by atoms with E-state index in [1.54, 1.807) is 18.2 Å². The van der Waals surface area contributed by atoms with Crippen LogP contribution in [0.1, 0.15) is 5.56 Å². The van der Waals surface area contributed by atoms with Crippen molar-refractivity contribution in [2.75, 3.05) is 32.1 Å². The summed E-state index contributed by atoms with van der Waals surface area (Å²) in [4.78, 5) is 26.1. The van der Waals surface area contributed by atoms with Gasteiger partial charge in [0, 0.05) is 6.54 Å². The van der Waals surface area contributed by atoms with Crippen LogP contribution in [0.4, 0.5) is 18.9 Å². The molecule has 0 atom stereocenters. The number of alkyl halides is 3. The summed E-state index contributed by atoms with van der Waals surface area (Å²) in [6.07, 6.45) is -4.71. The third kappa shape index (κ3) is 3.82. The summed E-state index contributed by atoms with van der Waals surface area (Å²) >= 11 is 0. The van der Waals surface area contributed by atoms with E-state index in [-0.39, 0.29) is 59.7 Å². The lowest BCUT2D eigenvalue weighted by Crippen LogP contribution is -2.31. The molecule has 8 nitrogen and oxygen atoms in total. The lowest BCUT2D eigenvalue weighted by molar-refractivity contribution is -0.138. The summed E-state index contributed by atoms with van der Waals surface area (Å²) in [5, 5.41) is 11.8. The zero-order valence-corrected chi connectivity index (χ0v) is 16.7. The van der Waals surface area contributed by atoms with Gasteiger partial charge in [-0.05, 0) is 24.3 Å². The van der Waals surface area contributed by atoms with E-state index in [0.717, 1.165) is 19.2 Å².